The lowest BCUT2D eigenvalue weighted by Crippen LogP contribution is -2.47. The van der Waals surface area contributed by atoms with Crippen LogP contribution in [0, 0.1) is 6.92 Å². The molecule has 2 aromatic carbocycles. The third-order valence-corrected chi connectivity index (χ3v) is 8.12. The maximum absolute atomic E-state index is 13.4. The van der Waals surface area contributed by atoms with Crippen LogP contribution in [0.25, 0.3) is 11.0 Å². The quantitative estimate of drug-likeness (QED) is 0.659. The van der Waals surface area contributed by atoms with Gasteiger partial charge in [0.1, 0.15) is 5.58 Å². The number of fused-ring (bicyclic) bond motifs is 1. The molecule has 0 aliphatic heterocycles. The number of hydrogen-bond acceptors (Lipinski definition) is 5. The Bertz CT molecular complexity index is 1240. The molecule has 29 heavy (non-hydrogen) atoms. The maximum Gasteiger partial charge on any atom is 0.336 e. The van der Waals surface area contributed by atoms with E-state index in [0.717, 1.165) is 10.9 Å². The van der Waals surface area contributed by atoms with Crippen LogP contribution in [-0.2, 0) is 14.6 Å². The summed E-state index contributed by atoms with van der Waals surface area (Å²) in [6.07, 6.45) is 1.90. The highest BCUT2D eigenvalue weighted by atomic mass is 32.2. The molecule has 1 saturated carbocycles. The van der Waals surface area contributed by atoms with Crippen LogP contribution in [0.5, 0.6) is 0 Å². The Morgan fingerprint density at radius 3 is 2.41 bits per heavy atom. The summed E-state index contributed by atoms with van der Waals surface area (Å²) in [6, 6.07) is 14.5. The summed E-state index contributed by atoms with van der Waals surface area (Å²) in [5, 5.41) is 3.51. The minimum atomic E-state index is -3.86. The van der Waals surface area contributed by atoms with Crippen LogP contribution in [0.4, 0.5) is 5.69 Å². The van der Waals surface area contributed by atoms with Crippen LogP contribution in [0.3, 0.4) is 0 Å². The summed E-state index contributed by atoms with van der Waals surface area (Å²) in [5.41, 5.74) is 1.04. The van der Waals surface area contributed by atoms with Crippen molar-refractivity contribution in [1.29, 1.82) is 0 Å². The molecule has 0 unspecified atom stereocenters. The molecule has 0 atom stereocenters. The molecule has 3 aromatic rings. The van der Waals surface area contributed by atoms with E-state index in [2.05, 4.69) is 5.32 Å². The van der Waals surface area contributed by atoms with Crippen molar-refractivity contribution in [3.05, 3.63) is 70.6 Å². The van der Waals surface area contributed by atoms with E-state index in [-0.39, 0.29) is 17.7 Å². The number of sulfone groups is 1. The molecule has 0 saturated heterocycles. The highest BCUT2D eigenvalue weighted by molar-refractivity contribution is 7.93. The second-order valence-corrected chi connectivity index (χ2v) is 9.69. The van der Waals surface area contributed by atoms with Gasteiger partial charge in [-0.1, -0.05) is 31.0 Å². The van der Waals surface area contributed by atoms with Crippen LogP contribution in [-0.4, -0.2) is 19.1 Å². The fraction of sp³-hybridized carbons (Fsp3) is 0.273. The first-order valence-corrected chi connectivity index (χ1v) is 11.0. The Kier molecular flexibility index (Phi) is 4.78. The molecule has 1 fully saturated rings. The molecule has 1 aliphatic carbocycles. The van der Waals surface area contributed by atoms with Gasteiger partial charge < -0.3 is 9.73 Å². The number of carbonyl (C=O) groups excluding carboxylic acids is 1. The fourth-order valence-electron chi connectivity index (χ4n) is 4.04. The van der Waals surface area contributed by atoms with Gasteiger partial charge in [-0.2, -0.15) is 0 Å². The van der Waals surface area contributed by atoms with Crippen LogP contribution >= 0.6 is 0 Å². The van der Waals surface area contributed by atoms with Gasteiger partial charge >= 0.3 is 5.63 Å². The third-order valence-electron chi connectivity index (χ3n) is 5.60. The van der Waals surface area contributed by atoms with Crippen molar-refractivity contribution in [1.82, 2.24) is 0 Å². The Morgan fingerprint density at radius 2 is 1.72 bits per heavy atom. The summed E-state index contributed by atoms with van der Waals surface area (Å²) in [7, 11) is -3.86. The monoisotopic (exact) mass is 411 g/mol. The molecule has 6 nitrogen and oxygen atoms in total. The zero-order valence-corrected chi connectivity index (χ0v) is 16.8. The highest BCUT2D eigenvalue weighted by Gasteiger charge is 2.52. The molecule has 7 heteroatoms. The molecule has 150 valence electrons. The molecular weight excluding hydrogens is 390 g/mol. The molecule has 1 aromatic heterocycles. The van der Waals surface area contributed by atoms with E-state index >= 15 is 0 Å². The SMILES string of the molecule is Cc1cc(=O)oc2cc(NC(=O)C3(S(=O)(=O)c4ccccc4)CCCC3)ccc12. The molecule has 1 aliphatic rings. The Hall–Kier alpha value is -2.93. The smallest absolute Gasteiger partial charge is 0.336 e. The Labute approximate surface area is 168 Å². The average molecular weight is 411 g/mol. The average Bonchev–Trinajstić information content (AvgIpc) is 3.20. The van der Waals surface area contributed by atoms with Crippen molar-refractivity contribution in [3.63, 3.8) is 0 Å². The minimum absolute atomic E-state index is 0.150. The van der Waals surface area contributed by atoms with Gasteiger partial charge in [-0.25, -0.2) is 13.2 Å². The molecule has 1 amide bonds. The normalized spacial score (nSPS) is 16.0. The van der Waals surface area contributed by atoms with E-state index in [0.29, 0.717) is 24.1 Å². The van der Waals surface area contributed by atoms with Gasteiger partial charge in [-0.3, -0.25) is 4.79 Å². The van der Waals surface area contributed by atoms with Crippen molar-refractivity contribution < 1.29 is 17.6 Å². The largest absolute Gasteiger partial charge is 0.423 e. The summed E-state index contributed by atoms with van der Waals surface area (Å²) in [5.74, 6) is -0.548. The van der Waals surface area contributed by atoms with Crippen molar-refractivity contribution >= 4 is 32.4 Å². The zero-order chi connectivity index (χ0) is 20.6. The van der Waals surface area contributed by atoms with E-state index in [9.17, 15) is 18.0 Å². The van der Waals surface area contributed by atoms with Gasteiger partial charge in [0, 0.05) is 23.2 Å². The van der Waals surface area contributed by atoms with Crippen molar-refractivity contribution in [3.8, 4) is 0 Å². The van der Waals surface area contributed by atoms with Crippen LogP contribution in [0.2, 0.25) is 0 Å². The molecule has 4 rings (SSSR count). The molecular formula is C22H21NO5S. The van der Waals surface area contributed by atoms with E-state index < -0.39 is 26.1 Å². The standard InChI is InChI=1S/C22H21NO5S/c1-15-13-20(24)28-19-14-16(9-10-18(15)19)23-21(25)22(11-5-6-12-22)29(26,27)17-7-3-2-4-8-17/h2-4,7-10,13-14H,5-6,11-12H2,1H3,(H,23,25). The van der Waals surface area contributed by atoms with Crippen molar-refractivity contribution in [2.45, 2.75) is 42.2 Å². The van der Waals surface area contributed by atoms with Gasteiger partial charge in [-0.15, -0.1) is 0 Å². The first-order chi connectivity index (χ1) is 13.8. The number of benzene rings is 2. The summed E-state index contributed by atoms with van der Waals surface area (Å²) < 4.78 is 30.5. The summed E-state index contributed by atoms with van der Waals surface area (Å²) >= 11 is 0. The first-order valence-electron chi connectivity index (χ1n) is 9.49. The molecule has 1 N–H and O–H groups in total. The predicted octanol–water partition coefficient (Wildman–Crippen LogP) is 3.83. The van der Waals surface area contributed by atoms with Crippen molar-refractivity contribution in [2.24, 2.45) is 0 Å². The second-order valence-electron chi connectivity index (χ2n) is 7.43. The lowest BCUT2D eigenvalue weighted by Gasteiger charge is -2.27. The molecule has 1 heterocycles. The van der Waals surface area contributed by atoms with E-state index in [1.165, 1.54) is 18.2 Å². The van der Waals surface area contributed by atoms with Gasteiger partial charge in [0.2, 0.25) is 5.91 Å². The topological polar surface area (TPSA) is 93.4 Å². The lowest BCUT2D eigenvalue weighted by atomic mass is 10.1. The van der Waals surface area contributed by atoms with Gasteiger partial charge in [0.05, 0.1) is 4.90 Å². The fourth-order valence-corrected chi connectivity index (χ4v) is 6.12. The van der Waals surface area contributed by atoms with Crippen LogP contribution < -0.4 is 10.9 Å². The first kappa shape index (κ1) is 19.4. The summed E-state index contributed by atoms with van der Waals surface area (Å²) in [4.78, 5) is 25.0. The molecule has 0 radical (unpaired) electrons. The van der Waals surface area contributed by atoms with E-state index in [1.807, 2.05) is 0 Å². The number of carbonyl (C=O) groups is 1. The lowest BCUT2D eigenvalue weighted by molar-refractivity contribution is -0.118. The summed E-state index contributed by atoms with van der Waals surface area (Å²) in [6.45, 7) is 1.80. The van der Waals surface area contributed by atoms with Gasteiger partial charge in [0.25, 0.3) is 0 Å². The van der Waals surface area contributed by atoms with Crippen LogP contribution in [0.15, 0.2) is 68.7 Å². The van der Waals surface area contributed by atoms with Crippen LogP contribution in [0.1, 0.15) is 31.2 Å². The van der Waals surface area contributed by atoms with Crippen molar-refractivity contribution in [2.75, 3.05) is 5.32 Å². The number of rotatable bonds is 4. The number of anilines is 1. The second kappa shape index (κ2) is 7.15. The zero-order valence-electron chi connectivity index (χ0n) is 16.0. The Balaban J connectivity index is 1.72. The van der Waals surface area contributed by atoms with Gasteiger partial charge in [-0.05, 0) is 49.6 Å². The van der Waals surface area contributed by atoms with Gasteiger partial charge in [0.15, 0.2) is 14.6 Å². The molecule has 0 spiro atoms. The maximum atomic E-state index is 13.4. The van der Waals surface area contributed by atoms with E-state index in [1.54, 1.807) is 43.3 Å². The Morgan fingerprint density at radius 1 is 1.03 bits per heavy atom. The number of aryl methyl sites for hydroxylation is 1. The number of nitrogens with one attached hydrogen (secondary N) is 1. The predicted molar refractivity (Wildman–Crippen MR) is 111 cm³/mol. The minimum Gasteiger partial charge on any atom is -0.423 e. The third kappa shape index (κ3) is 3.25. The number of hydrogen-bond donors (Lipinski definition) is 1. The highest BCUT2D eigenvalue weighted by Crippen LogP contribution is 2.41. The number of amides is 1. The van der Waals surface area contributed by atoms with E-state index in [4.69, 9.17) is 4.42 Å². The molecule has 0 bridgehead atoms.